The van der Waals surface area contributed by atoms with E-state index in [1.165, 1.54) is 22.9 Å². The van der Waals surface area contributed by atoms with Crippen LogP contribution in [0.3, 0.4) is 0 Å². The fourth-order valence-corrected chi connectivity index (χ4v) is 1.63. The third kappa shape index (κ3) is 2.98. The topological polar surface area (TPSA) is 0 Å². The summed E-state index contributed by atoms with van der Waals surface area (Å²) in [6.45, 7) is 4.52. The zero-order valence-corrected chi connectivity index (χ0v) is 9.26. The van der Waals surface area contributed by atoms with Gasteiger partial charge in [-0.15, -0.1) is 0 Å². The van der Waals surface area contributed by atoms with E-state index in [-0.39, 0.29) is 0 Å². The molecule has 0 atom stereocenters. The van der Waals surface area contributed by atoms with Crippen molar-refractivity contribution in [3.05, 3.63) is 34.3 Å². The van der Waals surface area contributed by atoms with Gasteiger partial charge in [0.2, 0.25) is 0 Å². The van der Waals surface area contributed by atoms with Crippen LogP contribution in [0.4, 0.5) is 0 Å². The Morgan fingerprint density at radius 3 is 2.50 bits per heavy atom. The molecule has 0 fully saturated rings. The highest BCUT2D eigenvalue weighted by Crippen LogP contribution is 2.18. The predicted molar refractivity (Wildman–Crippen MR) is 57.3 cm³/mol. The molecule has 0 aliphatic rings. The lowest BCUT2D eigenvalue weighted by atomic mass is 10.0. The summed E-state index contributed by atoms with van der Waals surface area (Å²) < 4.78 is 1.24. The normalized spacial score (nSPS) is 10.7. The van der Waals surface area contributed by atoms with Crippen LogP contribution in [0.25, 0.3) is 0 Å². The number of aryl methyl sites for hydroxylation is 1. The van der Waals surface area contributed by atoms with Crippen LogP contribution in [0.1, 0.15) is 25.8 Å². The zero-order chi connectivity index (χ0) is 8.97. The quantitative estimate of drug-likeness (QED) is 0.731. The van der Waals surface area contributed by atoms with Gasteiger partial charge in [0.1, 0.15) is 0 Å². The largest absolute Gasteiger partial charge is 0.0628 e. The Morgan fingerprint density at radius 1 is 1.25 bits per heavy atom. The number of rotatable bonds is 3. The lowest BCUT2D eigenvalue weighted by molar-refractivity contribution is 0.586. The molecular formula is C11H15Br. The van der Waals surface area contributed by atoms with Crippen molar-refractivity contribution in [3.63, 3.8) is 0 Å². The van der Waals surface area contributed by atoms with E-state index in [4.69, 9.17) is 0 Å². The second-order valence-electron chi connectivity index (χ2n) is 3.52. The highest BCUT2D eigenvalue weighted by atomic mass is 79.9. The summed E-state index contributed by atoms with van der Waals surface area (Å²) in [6, 6.07) is 8.45. The molecule has 1 aromatic carbocycles. The number of halogens is 1. The van der Waals surface area contributed by atoms with Crippen LogP contribution in [-0.4, -0.2) is 0 Å². The summed E-state index contributed by atoms with van der Waals surface area (Å²) in [5.41, 5.74) is 1.42. The Balaban J connectivity index is 2.57. The van der Waals surface area contributed by atoms with Gasteiger partial charge in [0.15, 0.2) is 0 Å². The van der Waals surface area contributed by atoms with E-state index < -0.39 is 0 Å². The molecule has 0 heterocycles. The highest BCUT2D eigenvalue weighted by Gasteiger charge is 1.99. The first-order chi connectivity index (χ1) is 5.70. The fraction of sp³-hybridized carbons (Fsp3) is 0.455. The molecule has 12 heavy (non-hydrogen) atoms. The summed E-state index contributed by atoms with van der Waals surface area (Å²) in [7, 11) is 0. The molecule has 0 N–H and O–H groups in total. The van der Waals surface area contributed by atoms with E-state index in [1.807, 2.05) is 0 Å². The maximum Gasteiger partial charge on any atom is 0.0207 e. The van der Waals surface area contributed by atoms with Crippen LogP contribution in [0.15, 0.2) is 28.7 Å². The Hall–Kier alpha value is -0.300. The minimum atomic E-state index is 0.789. The summed E-state index contributed by atoms with van der Waals surface area (Å²) in [5, 5.41) is 0. The molecule has 0 aromatic heterocycles. The predicted octanol–water partition coefficient (Wildman–Crippen LogP) is 4.04. The Kier molecular flexibility index (Phi) is 3.80. The SMILES string of the molecule is CC(C)CCc1ccccc1Br. The van der Waals surface area contributed by atoms with Crippen LogP contribution in [0, 0.1) is 5.92 Å². The Bertz CT molecular complexity index is 241. The fourth-order valence-electron chi connectivity index (χ4n) is 1.15. The van der Waals surface area contributed by atoms with Crippen molar-refractivity contribution in [1.82, 2.24) is 0 Å². The van der Waals surface area contributed by atoms with Gasteiger partial charge in [-0.3, -0.25) is 0 Å². The molecule has 1 aromatic rings. The summed E-state index contributed by atoms with van der Waals surface area (Å²) in [6.07, 6.45) is 2.45. The Morgan fingerprint density at radius 2 is 1.92 bits per heavy atom. The average Bonchev–Trinajstić information content (AvgIpc) is 2.03. The van der Waals surface area contributed by atoms with Gasteiger partial charge in [-0.1, -0.05) is 48.0 Å². The second kappa shape index (κ2) is 4.66. The lowest BCUT2D eigenvalue weighted by Gasteiger charge is -2.05. The molecule has 0 saturated heterocycles. The van der Waals surface area contributed by atoms with E-state index in [0.29, 0.717) is 0 Å². The van der Waals surface area contributed by atoms with Crippen molar-refractivity contribution in [2.24, 2.45) is 5.92 Å². The summed E-state index contributed by atoms with van der Waals surface area (Å²) in [4.78, 5) is 0. The third-order valence-corrected chi connectivity index (χ3v) is 2.72. The molecule has 1 rings (SSSR count). The van der Waals surface area contributed by atoms with Gasteiger partial charge in [-0.25, -0.2) is 0 Å². The summed E-state index contributed by atoms with van der Waals surface area (Å²) in [5.74, 6) is 0.789. The highest BCUT2D eigenvalue weighted by molar-refractivity contribution is 9.10. The lowest BCUT2D eigenvalue weighted by Crippen LogP contribution is -1.92. The summed E-state index contributed by atoms with van der Waals surface area (Å²) >= 11 is 3.55. The molecular weight excluding hydrogens is 212 g/mol. The van der Waals surface area contributed by atoms with Crippen molar-refractivity contribution in [1.29, 1.82) is 0 Å². The number of benzene rings is 1. The standard InChI is InChI=1S/C11H15Br/c1-9(2)7-8-10-5-3-4-6-11(10)12/h3-6,9H,7-8H2,1-2H3. The molecule has 66 valence electrons. The smallest absolute Gasteiger partial charge is 0.0207 e. The van der Waals surface area contributed by atoms with Gasteiger partial charge in [0, 0.05) is 4.47 Å². The van der Waals surface area contributed by atoms with Crippen LogP contribution in [0.2, 0.25) is 0 Å². The van der Waals surface area contributed by atoms with E-state index in [9.17, 15) is 0 Å². The van der Waals surface area contributed by atoms with E-state index >= 15 is 0 Å². The van der Waals surface area contributed by atoms with Crippen LogP contribution in [0.5, 0.6) is 0 Å². The van der Waals surface area contributed by atoms with Crippen LogP contribution in [-0.2, 0) is 6.42 Å². The molecule has 0 aliphatic carbocycles. The van der Waals surface area contributed by atoms with Crippen molar-refractivity contribution in [3.8, 4) is 0 Å². The van der Waals surface area contributed by atoms with Crippen molar-refractivity contribution in [2.45, 2.75) is 26.7 Å². The van der Waals surface area contributed by atoms with Gasteiger partial charge < -0.3 is 0 Å². The molecule has 0 bridgehead atoms. The van der Waals surface area contributed by atoms with Crippen LogP contribution >= 0.6 is 15.9 Å². The molecule has 0 spiro atoms. The van der Waals surface area contributed by atoms with Gasteiger partial charge in [-0.2, -0.15) is 0 Å². The van der Waals surface area contributed by atoms with Gasteiger partial charge in [-0.05, 0) is 30.4 Å². The molecule has 0 unspecified atom stereocenters. The number of hydrogen-bond donors (Lipinski definition) is 0. The van der Waals surface area contributed by atoms with Crippen molar-refractivity contribution >= 4 is 15.9 Å². The first kappa shape index (κ1) is 9.79. The van der Waals surface area contributed by atoms with Crippen LogP contribution < -0.4 is 0 Å². The maximum absolute atomic E-state index is 3.55. The van der Waals surface area contributed by atoms with Crippen molar-refractivity contribution < 1.29 is 0 Å². The van der Waals surface area contributed by atoms with Gasteiger partial charge in [0.05, 0.1) is 0 Å². The van der Waals surface area contributed by atoms with Gasteiger partial charge in [0.25, 0.3) is 0 Å². The number of hydrogen-bond acceptors (Lipinski definition) is 0. The van der Waals surface area contributed by atoms with Crippen molar-refractivity contribution in [2.75, 3.05) is 0 Å². The molecule has 0 saturated carbocycles. The molecule has 0 amide bonds. The molecule has 0 aliphatic heterocycles. The second-order valence-corrected chi connectivity index (χ2v) is 4.38. The Labute approximate surface area is 83.1 Å². The molecule has 0 nitrogen and oxygen atoms in total. The van der Waals surface area contributed by atoms with E-state index in [2.05, 4.69) is 54.0 Å². The van der Waals surface area contributed by atoms with E-state index in [1.54, 1.807) is 0 Å². The first-order valence-corrected chi connectivity index (χ1v) is 5.23. The molecule has 0 radical (unpaired) electrons. The monoisotopic (exact) mass is 226 g/mol. The average molecular weight is 227 g/mol. The first-order valence-electron chi connectivity index (χ1n) is 4.43. The minimum Gasteiger partial charge on any atom is -0.0628 e. The maximum atomic E-state index is 3.55. The molecule has 1 heteroatoms. The van der Waals surface area contributed by atoms with Gasteiger partial charge >= 0.3 is 0 Å². The van der Waals surface area contributed by atoms with E-state index in [0.717, 1.165) is 5.92 Å². The zero-order valence-electron chi connectivity index (χ0n) is 7.68. The minimum absolute atomic E-state index is 0.789. The third-order valence-electron chi connectivity index (χ3n) is 1.95.